The normalized spacial score (nSPS) is 20.1. The molecule has 2 saturated heterocycles. The third-order valence-electron chi connectivity index (χ3n) is 7.27. The summed E-state index contributed by atoms with van der Waals surface area (Å²) in [5.41, 5.74) is 9.34. The number of hydrogen-bond donors (Lipinski definition) is 3. The molecule has 2 amide bonds. The topological polar surface area (TPSA) is 132 Å². The third kappa shape index (κ3) is 6.06. The van der Waals surface area contributed by atoms with Crippen LogP contribution in [0.25, 0.3) is 11.2 Å². The maximum atomic E-state index is 12.4. The monoisotopic (exact) mass is 522 g/mol. The summed E-state index contributed by atoms with van der Waals surface area (Å²) < 4.78 is 13.8. The van der Waals surface area contributed by atoms with E-state index < -0.39 is 0 Å². The van der Waals surface area contributed by atoms with E-state index >= 15 is 0 Å². The Bertz CT molecular complexity index is 1240. The van der Waals surface area contributed by atoms with Crippen LogP contribution in [0.4, 0.5) is 16.3 Å². The summed E-state index contributed by atoms with van der Waals surface area (Å²) in [5, 5.41) is 5.89. The van der Waals surface area contributed by atoms with Gasteiger partial charge >= 0.3 is 6.03 Å². The van der Waals surface area contributed by atoms with Crippen LogP contribution in [0.1, 0.15) is 51.8 Å². The number of anilines is 2. The number of aromatic nitrogens is 4. The lowest BCUT2D eigenvalue weighted by Gasteiger charge is -2.38. The van der Waals surface area contributed by atoms with Crippen LogP contribution in [0.3, 0.4) is 0 Å². The summed E-state index contributed by atoms with van der Waals surface area (Å²) in [6.45, 7) is 10.3. The van der Waals surface area contributed by atoms with Gasteiger partial charge in [0, 0.05) is 25.3 Å². The molecular weight excluding hydrogens is 484 g/mol. The number of nitrogens with zero attached hydrogens (tertiary/aromatic N) is 5. The molecule has 2 aliphatic heterocycles. The van der Waals surface area contributed by atoms with Crippen molar-refractivity contribution in [3.05, 3.63) is 42.5 Å². The van der Waals surface area contributed by atoms with Gasteiger partial charge in [-0.05, 0) is 42.4 Å². The second-order valence-corrected chi connectivity index (χ2v) is 11.1. The molecular formula is C27H38N8O3. The van der Waals surface area contributed by atoms with Crippen molar-refractivity contribution in [2.75, 3.05) is 43.9 Å². The Morgan fingerprint density at radius 3 is 2.66 bits per heavy atom. The Balaban J connectivity index is 1.08. The van der Waals surface area contributed by atoms with E-state index in [2.05, 4.69) is 63.4 Å². The van der Waals surface area contributed by atoms with Gasteiger partial charge in [0.1, 0.15) is 18.1 Å². The fourth-order valence-corrected chi connectivity index (χ4v) is 4.94. The molecule has 4 N–H and O–H groups in total. The number of amides is 2. The van der Waals surface area contributed by atoms with Crippen molar-refractivity contribution < 1.29 is 14.3 Å². The predicted molar refractivity (Wildman–Crippen MR) is 146 cm³/mol. The molecule has 2 atom stereocenters. The van der Waals surface area contributed by atoms with Gasteiger partial charge < -0.3 is 25.8 Å². The fraction of sp³-hybridized carbons (Fsp3) is 0.556. The van der Waals surface area contributed by atoms with Gasteiger partial charge in [-0.25, -0.2) is 19.7 Å². The second-order valence-electron chi connectivity index (χ2n) is 11.1. The zero-order valence-electron chi connectivity index (χ0n) is 22.4. The molecule has 0 spiro atoms. The fourth-order valence-electron chi connectivity index (χ4n) is 4.94. The maximum Gasteiger partial charge on any atom is 0.319 e. The average molecular weight is 523 g/mol. The van der Waals surface area contributed by atoms with Gasteiger partial charge in [0.2, 0.25) is 0 Å². The highest BCUT2D eigenvalue weighted by Crippen LogP contribution is 2.32. The van der Waals surface area contributed by atoms with Crippen molar-refractivity contribution in [2.45, 2.75) is 63.8 Å². The van der Waals surface area contributed by atoms with E-state index in [-0.39, 0.29) is 23.8 Å². The minimum atomic E-state index is -0.189. The molecule has 4 heterocycles. The molecule has 0 bridgehead atoms. The molecule has 2 aliphatic rings. The highest BCUT2D eigenvalue weighted by Gasteiger charge is 2.33. The van der Waals surface area contributed by atoms with Crippen molar-refractivity contribution in [3.63, 3.8) is 0 Å². The Morgan fingerprint density at radius 2 is 1.95 bits per heavy atom. The van der Waals surface area contributed by atoms with Crippen molar-refractivity contribution in [1.82, 2.24) is 29.7 Å². The first-order chi connectivity index (χ1) is 18.3. The van der Waals surface area contributed by atoms with Crippen molar-refractivity contribution in [3.8, 4) is 0 Å². The quantitative estimate of drug-likeness (QED) is 0.365. The molecule has 11 heteroatoms. The van der Waals surface area contributed by atoms with E-state index in [9.17, 15) is 4.79 Å². The number of benzene rings is 1. The van der Waals surface area contributed by atoms with Crippen LogP contribution in [0.5, 0.6) is 0 Å². The molecule has 2 aromatic heterocycles. The SMILES string of the molecule is CC(C)(C)c1ccc(NC(=O)NCCCN(CC2CCC(n3cnc4c(N)ncnc43)O2)C2COC2)cc1. The number of imidazole rings is 1. The van der Waals surface area contributed by atoms with Gasteiger partial charge in [0.25, 0.3) is 0 Å². The number of nitrogens with one attached hydrogen (secondary N) is 2. The largest absolute Gasteiger partial charge is 0.382 e. The highest BCUT2D eigenvalue weighted by atomic mass is 16.5. The van der Waals surface area contributed by atoms with Gasteiger partial charge in [-0.2, -0.15) is 0 Å². The number of hydrogen-bond acceptors (Lipinski definition) is 8. The first-order valence-corrected chi connectivity index (χ1v) is 13.3. The summed E-state index contributed by atoms with van der Waals surface area (Å²) in [4.78, 5) is 27.5. The number of nitrogens with two attached hydrogens (primary N) is 1. The first-order valence-electron chi connectivity index (χ1n) is 13.3. The third-order valence-corrected chi connectivity index (χ3v) is 7.27. The molecule has 5 rings (SSSR count). The van der Waals surface area contributed by atoms with Crippen LogP contribution in [-0.2, 0) is 14.9 Å². The number of nitrogen functional groups attached to an aromatic ring is 1. The predicted octanol–water partition coefficient (Wildman–Crippen LogP) is 3.30. The Labute approximate surface area is 223 Å². The molecule has 2 fully saturated rings. The molecule has 2 unspecified atom stereocenters. The lowest BCUT2D eigenvalue weighted by atomic mass is 9.87. The standard InChI is InChI=1S/C27H38N8O3/c1-27(2,3)18-5-7-19(8-6-18)33-26(36)29-11-4-12-34(20-14-37-15-20)13-21-9-10-22(38-21)35-17-32-23-24(28)30-16-31-25(23)35/h5-8,16-17,20-22H,4,9-15H2,1-3H3,(H2,28,30,31)(H2,29,33,36). The van der Waals surface area contributed by atoms with Gasteiger partial charge in [0.15, 0.2) is 11.5 Å². The second kappa shape index (κ2) is 11.2. The lowest BCUT2D eigenvalue weighted by Crippen LogP contribution is -2.52. The molecule has 0 radical (unpaired) electrons. The van der Waals surface area contributed by atoms with Crippen molar-refractivity contribution in [1.29, 1.82) is 0 Å². The zero-order valence-corrected chi connectivity index (χ0v) is 22.4. The lowest BCUT2D eigenvalue weighted by molar-refractivity contribution is -0.0857. The van der Waals surface area contributed by atoms with Crippen LogP contribution in [0.15, 0.2) is 36.9 Å². The van der Waals surface area contributed by atoms with Gasteiger partial charge in [0.05, 0.1) is 31.7 Å². The number of carbonyl (C=O) groups excluding carboxylic acids is 1. The van der Waals surface area contributed by atoms with Crippen LogP contribution in [0, 0.1) is 0 Å². The Kier molecular flexibility index (Phi) is 7.78. The summed E-state index contributed by atoms with van der Waals surface area (Å²) >= 11 is 0. The summed E-state index contributed by atoms with van der Waals surface area (Å²) in [6.07, 6.45) is 5.84. The number of fused-ring (bicyclic) bond motifs is 1. The van der Waals surface area contributed by atoms with Gasteiger partial charge in [-0.3, -0.25) is 9.47 Å². The van der Waals surface area contributed by atoms with Crippen LogP contribution in [0.2, 0.25) is 0 Å². The first kappa shape index (κ1) is 26.3. The number of ether oxygens (including phenoxy) is 2. The minimum Gasteiger partial charge on any atom is -0.382 e. The number of carbonyl (C=O) groups is 1. The van der Waals surface area contributed by atoms with Crippen LogP contribution < -0.4 is 16.4 Å². The van der Waals surface area contributed by atoms with E-state index in [1.165, 1.54) is 11.9 Å². The molecule has 3 aromatic rings. The van der Waals surface area contributed by atoms with Gasteiger partial charge in [-0.1, -0.05) is 32.9 Å². The number of urea groups is 1. The molecule has 0 saturated carbocycles. The Morgan fingerprint density at radius 1 is 1.16 bits per heavy atom. The highest BCUT2D eigenvalue weighted by molar-refractivity contribution is 5.89. The minimum absolute atomic E-state index is 0.0833. The summed E-state index contributed by atoms with van der Waals surface area (Å²) in [6, 6.07) is 8.20. The van der Waals surface area contributed by atoms with E-state index in [1.807, 2.05) is 16.7 Å². The number of rotatable bonds is 9. The smallest absolute Gasteiger partial charge is 0.319 e. The average Bonchev–Trinajstić information content (AvgIpc) is 3.48. The molecule has 11 nitrogen and oxygen atoms in total. The molecule has 38 heavy (non-hydrogen) atoms. The molecule has 1 aromatic carbocycles. The maximum absolute atomic E-state index is 12.4. The summed E-state index contributed by atoms with van der Waals surface area (Å²) in [5.74, 6) is 0.375. The van der Waals surface area contributed by atoms with Crippen LogP contribution >= 0.6 is 0 Å². The molecule has 0 aliphatic carbocycles. The Hall–Kier alpha value is -3.28. The zero-order chi connectivity index (χ0) is 26.7. The van der Waals surface area contributed by atoms with Gasteiger partial charge in [-0.15, -0.1) is 0 Å². The molecule has 204 valence electrons. The van der Waals surface area contributed by atoms with E-state index in [4.69, 9.17) is 15.2 Å². The van der Waals surface area contributed by atoms with E-state index in [1.54, 1.807) is 6.33 Å². The van der Waals surface area contributed by atoms with E-state index in [0.29, 0.717) is 29.6 Å². The summed E-state index contributed by atoms with van der Waals surface area (Å²) in [7, 11) is 0. The van der Waals surface area contributed by atoms with Crippen molar-refractivity contribution >= 4 is 28.7 Å². The van der Waals surface area contributed by atoms with Crippen molar-refractivity contribution in [2.24, 2.45) is 0 Å². The van der Waals surface area contributed by atoms with Crippen LogP contribution in [-0.4, -0.2) is 75.4 Å². The van der Waals surface area contributed by atoms with E-state index in [0.717, 1.165) is 51.3 Å².